The number of fused-ring (bicyclic) bond motifs is 1. The van der Waals surface area contributed by atoms with E-state index in [0.717, 1.165) is 18.2 Å². The SMILES string of the molecule is Cc1cc(C(F)(F)F)c2c(N)c(C(=O)Nc3ccccc3OC(F)(F)F)sc2n1. The zero-order valence-corrected chi connectivity index (χ0v) is 15.2. The monoisotopic (exact) mass is 435 g/mol. The first-order valence-electron chi connectivity index (χ1n) is 7.80. The number of nitrogens with two attached hydrogens (primary N) is 1. The van der Waals surface area contributed by atoms with Gasteiger partial charge < -0.3 is 15.8 Å². The van der Waals surface area contributed by atoms with Gasteiger partial charge in [-0.05, 0) is 25.1 Å². The minimum Gasteiger partial charge on any atom is -0.404 e. The highest BCUT2D eigenvalue weighted by Crippen LogP contribution is 2.42. The molecule has 0 atom stereocenters. The number of nitrogens with zero attached hydrogens (tertiary/aromatic N) is 1. The number of benzene rings is 1. The van der Waals surface area contributed by atoms with Crippen LogP contribution in [-0.4, -0.2) is 17.3 Å². The number of nitrogen functional groups attached to an aromatic ring is 1. The van der Waals surface area contributed by atoms with Crippen LogP contribution in [0.15, 0.2) is 30.3 Å². The molecule has 3 N–H and O–H groups in total. The zero-order valence-electron chi connectivity index (χ0n) is 14.4. The number of carbonyl (C=O) groups is 1. The molecule has 2 heterocycles. The Hall–Kier alpha value is -3.02. The number of para-hydroxylation sites is 2. The van der Waals surface area contributed by atoms with Crippen LogP contribution < -0.4 is 15.8 Å². The van der Waals surface area contributed by atoms with E-state index >= 15 is 0 Å². The second-order valence-corrected chi connectivity index (χ2v) is 6.83. The first-order chi connectivity index (χ1) is 13.4. The summed E-state index contributed by atoms with van der Waals surface area (Å²) in [5, 5.41) is 1.75. The molecule has 0 radical (unpaired) electrons. The molecule has 29 heavy (non-hydrogen) atoms. The maximum atomic E-state index is 13.3. The molecule has 3 rings (SSSR count). The molecule has 0 aliphatic carbocycles. The van der Waals surface area contributed by atoms with Gasteiger partial charge in [-0.1, -0.05) is 12.1 Å². The predicted molar refractivity (Wildman–Crippen MR) is 94.8 cm³/mol. The Bertz CT molecular complexity index is 1090. The Morgan fingerprint density at radius 1 is 1.17 bits per heavy atom. The molecule has 0 saturated heterocycles. The Kier molecular flexibility index (Phi) is 5.07. The van der Waals surface area contributed by atoms with E-state index in [1.165, 1.54) is 19.1 Å². The van der Waals surface area contributed by atoms with Gasteiger partial charge >= 0.3 is 12.5 Å². The van der Waals surface area contributed by atoms with E-state index < -0.39 is 40.8 Å². The van der Waals surface area contributed by atoms with Crippen LogP contribution >= 0.6 is 11.3 Å². The van der Waals surface area contributed by atoms with Gasteiger partial charge in [-0.25, -0.2) is 4.98 Å². The number of nitrogens with one attached hydrogen (secondary N) is 1. The second kappa shape index (κ2) is 7.10. The molecule has 0 fully saturated rings. The molecule has 0 bridgehead atoms. The van der Waals surface area contributed by atoms with Gasteiger partial charge in [0.2, 0.25) is 0 Å². The molecule has 0 saturated carbocycles. The summed E-state index contributed by atoms with van der Waals surface area (Å²) in [6.45, 7) is 1.36. The third-order valence-electron chi connectivity index (χ3n) is 3.70. The average Bonchev–Trinajstić information content (AvgIpc) is 2.90. The molecule has 12 heteroatoms. The van der Waals surface area contributed by atoms with Crippen molar-refractivity contribution >= 4 is 38.8 Å². The van der Waals surface area contributed by atoms with Crippen molar-refractivity contribution in [3.63, 3.8) is 0 Å². The maximum absolute atomic E-state index is 13.3. The number of hydrogen-bond donors (Lipinski definition) is 2. The molecule has 1 amide bonds. The normalized spacial score (nSPS) is 12.2. The van der Waals surface area contributed by atoms with Crippen LogP contribution in [0.3, 0.4) is 0 Å². The lowest BCUT2D eigenvalue weighted by molar-refractivity contribution is -0.274. The third-order valence-corrected chi connectivity index (χ3v) is 4.80. The molecule has 2 aromatic heterocycles. The highest BCUT2D eigenvalue weighted by atomic mass is 32.1. The van der Waals surface area contributed by atoms with E-state index in [9.17, 15) is 31.1 Å². The van der Waals surface area contributed by atoms with E-state index in [0.29, 0.717) is 11.3 Å². The molecule has 154 valence electrons. The molecule has 1 aromatic carbocycles. The van der Waals surface area contributed by atoms with Gasteiger partial charge in [0.15, 0.2) is 5.75 Å². The number of carbonyl (C=O) groups excluding carboxylic acids is 1. The highest BCUT2D eigenvalue weighted by Gasteiger charge is 2.36. The first-order valence-corrected chi connectivity index (χ1v) is 8.61. The molecular weight excluding hydrogens is 424 g/mol. The maximum Gasteiger partial charge on any atom is 0.573 e. The summed E-state index contributed by atoms with van der Waals surface area (Å²) >= 11 is 0.604. The quantitative estimate of drug-likeness (QED) is 0.544. The number of halogens is 6. The summed E-state index contributed by atoms with van der Waals surface area (Å²) in [6.07, 6.45) is -9.73. The number of rotatable bonds is 3. The first kappa shape index (κ1) is 20.7. The average molecular weight is 435 g/mol. The standard InChI is InChI=1S/C17H11F6N3O2S/c1-7-6-8(16(18,19)20)11-12(24)13(29-15(11)25-7)14(27)26-9-4-2-3-5-10(9)28-17(21,22)23/h2-6H,24H2,1H3,(H,26,27). The number of thiophene rings is 1. The number of amides is 1. The zero-order chi connectivity index (χ0) is 21.6. The van der Waals surface area contributed by atoms with E-state index in [2.05, 4.69) is 15.0 Å². The highest BCUT2D eigenvalue weighted by molar-refractivity contribution is 7.21. The Balaban J connectivity index is 2.03. The molecule has 5 nitrogen and oxygen atoms in total. The summed E-state index contributed by atoms with van der Waals surface area (Å²) in [5.74, 6) is -1.67. The minimum atomic E-state index is -5.00. The van der Waals surface area contributed by atoms with Gasteiger partial charge in [-0.2, -0.15) is 13.2 Å². The fourth-order valence-electron chi connectivity index (χ4n) is 2.60. The molecule has 3 aromatic rings. The topological polar surface area (TPSA) is 77.2 Å². The van der Waals surface area contributed by atoms with Crippen LogP contribution in [0.2, 0.25) is 0 Å². The third kappa shape index (κ3) is 4.36. The van der Waals surface area contributed by atoms with Crippen molar-refractivity contribution in [3.05, 3.63) is 46.5 Å². The Labute approximate surface area is 163 Å². The van der Waals surface area contributed by atoms with Crippen molar-refractivity contribution in [1.29, 1.82) is 0 Å². The van der Waals surface area contributed by atoms with E-state index in [4.69, 9.17) is 5.73 Å². The fraction of sp³-hybridized carbons (Fsp3) is 0.176. The van der Waals surface area contributed by atoms with Crippen LogP contribution in [0.5, 0.6) is 5.75 Å². The lowest BCUT2D eigenvalue weighted by atomic mass is 10.1. The summed E-state index contributed by atoms with van der Waals surface area (Å²) in [5.41, 5.74) is 4.01. The summed E-state index contributed by atoms with van der Waals surface area (Å²) in [7, 11) is 0. The van der Waals surface area contributed by atoms with Gasteiger partial charge in [0.1, 0.15) is 9.71 Å². The number of ether oxygens (including phenoxy) is 1. The minimum absolute atomic E-state index is 0.0713. The van der Waals surface area contributed by atoms with Gasteiger partial charge in [-0.15, -0.1) is 24.5 Å². The fourth-order valence-corrected chi connectivity index (χ4v) is 3.66. The van der Waals surface area contributed by atoms with Crippen molar-refractivity contribution in [2.45, 2.75) is 19.5 Å². The molecule has 0 aliphatic rings. The number of hydrogen-bond acceptors (Lipinski definition) is 5. The summed E-state index contributed by atoms with van der Waals surface area (Å²) in [6, 6.07) is 5.53. The lowest BCUT2D eigenvalue weighted by Gasteiger charge is -2.13. The van der Waals surface area contributed by atoms with Crippen LogP contribution in [-0.2, 0) is 6.18 Å². The number of alkyl halides is 6. The van der Waals surface area contributed by atoms with Crippen LogP contribution in [0, 0.1) is 6.92 Å². The van der Waals surface area contributed by atoms with Gasteiger partial charge in [0.25, 0.3) is 5.91 Å². The summed E-state index contributed by atoms with van der Waals surface area (Å²) in [4.78, 5) is 16.1. The number of anilines is 2. The van der Waals surface area contributed by atoms with Gasteiger partial charge in [0, 0.05) is 11.1 Å². The number of aromatic nitrogens is 1. The van der Waals surface area contributed by atoms with Crippen molar-refractivity contribution in [3.8, 4) is 5.75 Å². The van der Waals surface area contributed by atoms with E-state index in [1.807, 2.05) is 0 Å². The molecular formula is C17H11F6N3O2S. The number of aryl methyl sites for hydroxylation is 1. The largest absolute Gasteiger partial charge is 0.573 e. The predicted octanol–water partition coefficient (Wildman–Crippen LogP) is 5.36. The lowest BCUT2D eigenvalue weighted by Crippen LogP contribution is -2.19. The second-order valence-electron chi connectivity index (χ2n) is 5.83. The van der Waals surface area contributed by atoms with Gasteiger partial charge in [0.05, 0.1) is 16.9 Å². The molecule has 0 unspecified atom stereocenters. The van der Waals surface area contributed by atoms with Crippen molar-refractivity contribution in [2.75, 3.05) is 11.1 Å². The van der Waals surface area contributed by atoms with Crippen LogP contribution in [0.25, 0.3) is 10.2 Å². The van der Waals surface area contributed by atoms with Crippen LogP contribution in [0.1, 0.15) is 20.9 Å². The summed E-state index contributed by atoms with van der Waals surface area (Å²) < 4.78 is 81.4. The van der Waals surface area contributed by atoms with Crippen molar-refractivity contribution < 1.29 is 35.9 Å². The molecule has 0 spiro atoms. The smallest absolute Gasteiger partial charge is 0.404 e. The Morgan fingerprint density at radius 2 is 1.83 bits per heavy atom. The van der Waals surface area contributed by atoms with Crippen molar-refractivity contribution in [2.24, 2.45) is 0 Å². The van der Waals surface area contributed by atoms with E-state index in [1.54, 1.807) is 0 Å². The van der Waals surface area contributed by atoms with Gasteiger partial charge in [-0.3, -0.25) is 4.79 Å². The Morgan fingerprint density at radius 3 is 2.45 bits per heavy atom. The molecule has 0 aliphatic heterocycles. The van der Waals surface area contributed by atoms with Crippen molar-refractivity contribution in [1.82, 2.24) is 4.98 Å². The number of pyridine rings is 1. The van der Waals surface area contributed by atoms with Crippen LogP contribution in [0.4, 0.5) is 37.7 Å². The van der Waals surface area contributed by atoms with E-state index in [-0.39, 0.29) is 21.1 Å².